The van der Waals surface area contributed by atoms with E-state index in [4.69, 9.17) is 0 Å². The average molecular weight is 382 g/mol. The Hall–Kier alpha value is -0.844. The molecule has 1 N–H and O–H groups in total. The summed E-state index contributed by atoms with van der Waals surface area (Å²) in [5, 5.41) is 1.89. The molecule has 7 nitrogen and oxygen atoms in total. The molecule has 0 spiro atoms. The van der Waals surface area contributed by atoms with Crippen molar-refractivity contribution in [3.63, 3.8) is 0 Å². The van der Waals surface area contributed by atoms with Gasteiger partial charge in [0.05, 0.1) is 16.1 Å². The molecule has 2 aromatic rings. The van der Waals surface area contributed by atoms with Crippen LogP contribution in [0.3, 0.4) is 0 Å². The number of hydrogen-bond acceptors (Lipinski definition) is 7. The normalized spacial score (nSPS) is 19.2. The third-order valence-electron chi connectivity index (χ3n) is 4.06. The summed E-state index contributed by atoms with van der Waals surface area (Å²) < 4.78 is 0. The second-order valence-electron chi connectivity index (χ2n) is 5.70. The zero-order valence-corrected chi connectivity index (χ0v) is 17.8. The number of rotatable bonds is 2. The third-order valence-corrected chi connectivity index (χ3v) is 4.87. The molecule has 0 unspecified atom stereocenters. The molecule has 0 radical (unpaired) electrons. The summed E-state index contributed by atoms with van der Waals surface area (Å²) in [6, 6.07) is 3.65. The van der Waals surface area contributed by atoms with Gasteiger partial charge in [0, 0.05) is 13.1 Å². The summed E-state index contributed by atoms with van der Waals surface area (Å²) in [6.07, 6.45) is 6.72. The van der Waals surface area contributed by atoms with Crippen molar-refractivity contribution in [2.75, 3.05) is 18.0 Å². The fourth-order valence-corrected chi connectivity index (χ4v) is 3.58. The summed E-state index contributed by atoms with van der Waals surface area (Å²) in [5.41, 5.74) is 2.11. The summed E-state index contributed by atoms with van der Waals surface area (Å²) in [7, 11) is 0. The first-order chi connectivity index (χ1) is 11.7. The van der Waals surface area contributed by atoms with Crippen LogP contribution in [-0.4, -0.2) is 39.2 Å². The standard InChI is InChI=1S/C16H15N5O2S.K.H/c22-15-12(24-16(23)20-15)8-10-4-5-11-13(19-10)14(18-9-17-11)21-6-2-1-3-7-21;;/h4-5,8-9H,1-3,6-7H2,(H,20,22,23);;/q;+1;-1/b12-8-;;. The maximum atomic E-state index is 11.7. The van der Waals surface area contributed by atoms with Gasteiger partial charge < -0.3 is 6.33 Å². The maximum Gasteiger partial charge on any atom is 1.00 e. The number of amides is 2. The van der Waals surface area contributed by atoms with Crippen LogP contribution >= 0.6 is 11.8 Å². The van der Waals surface area contributed by atoms with Crippen molar-refractivity contribution in [3.8, 4) is 0 Å². The molecule has 0 atom stereocenters. The van der Waals surface area contributed by atoms with Crippen LogP contribution in [0.1, 0.15) is 26.4 Å². The number of carbonyl (C=O) groups excluding carboxylic acids is 2. The van der Waals surface area contributed by atoms with Crippen molar-refractivity contribution in [2.45, 2.75) is 19.3 Å². The van der Waals surface area contributed by atoms with E-state index in [9.17, 15) is 9.59 Å². The SMILES string of the molecule is O=C1NC(=O)/C(=C/c2ccc3ncnc(N4CCCCC4)c3n2)S1.[H-].[K+]. The monoisotopic (exact) mass is 381 g/mol. The Balaban J connectivity index is 0.00000121. The molecule has 4 heterocycles. The molecule has 0 saturated carbocycles. The number of nitrogens with zero attached hydrogens (tertiary/aromatic N) is 4. The Labute approximate surface area is 193 Å². The van der Waals surface area contributed by atoms with Crippen molar-refractivity contribution in [1.29, 1.82) is 0 Å². The number of pyridine rings is 1. The van der Waals surface area contributed by atoms with Gasteiger partial charge in [-0.25, -0.2) is 15.0 Å². The first-order valence-electron chi connectivity index (χ1n) is 7.82. The van der Waals surface area contributed by atoms with Gasteiger partial charge in [0.25, 0.3) is 11.1 Å². The van der Waals surface area contributed by atoms with Crippen molar-refractivity contribution >= 4 is 45.8 Å². The quantitative estimate of drug-likeness (QED) is 0.552. The fourth-order valence-electron chi connectivity index (χ4n) is 2.92. The molecule has 2 amide bonds. The van der Waals surface area contributed by atoms with Gasteiger partial charge >= 0.3 is 51.4 Å². The van der Waals surface area contributed by atoms with E-state index in [2.05, 4.69) is 25.2 Å². The first-order valence-corrected chi connectivity index (χ1v) is 8.64. The third kappa shape index (κ3) is 4.12. The van der Waals surface area contributed by atoms with Gasteiger partial charge in [0.15, 0.2) is 5.82 Å². The second-order valence-corrected chi connectivity index (χ2v) is 6.72. The zero-order valence-electron chi connectivity index (χ0n) is 14.9. The van der Waals surface area contributed by atoms with E-state index in [1.807, 2.05) is 6.07 Å². The molecule has 25 heavy (non-hydrogen) atoms. The van der Waals surface area contributed by atoms with Gasteiger partial charge in [-0.2, -0.15) is 0 Å². The van der Waals surface area contributed by atoms with E-state index in [0.717, 1.165) is 54.5 Å². The topological polar surface area (TPSA) is 88.1 Å². The minimum atomic E-state index is -0.382. The van der Waals surface area contributed by atoms with Crippen LogP contribution in [-0.2, 0) is 4.79 Å². The molecular weight excluding hydrogens is 365 g/mol. The van der Waals surface area contributed by atoms with Crippen LogP contribution in [0, 0.1) is 0 Å². The van der Waals surface area contributed by atoms with Crippen molar-refractivity contribution in [2.24, 2.45) is 0 Å². The fraction of sp³-hybridized carbons (Fsp3) is 0.312. The number of carbonyl (C=O) groups is 2. The Kier molecular flexibility index (Phi) is 6.24. The minimum absolute atomic E-state index is 0. The molecule has 4 rings (SSSR count). The maximum absolute atomic E-state index is 11.7. The van der Waals surface area contributed by atoms with Gasteiger partial charge in [0.1, 0.15) is 11.8 Å². The first kappa shape index (κ1) is 18.9. The Bertz CT molecular complexity index is 873. The van der Waals surface area contributed by atoms with Crippen molar-refractivity contribution < 1.29 is 62.4 Å². The molecule has 2 fully saturated rings. The average Bonchev–Trinajstić information content (AvgIpc) is 2.92. The Morgan fingerprint density at radius 2 is 1.96 bits per heavy atom. The number of imide groups is 1. The summed E-state index contributed by atoms with van der Waals surface area (Å²) >= 11 is 0.886. The number of aromatic nitrogens is 3. The predicted octanol–water partition coefficient (Wildman–Crippen LogP) is -0.545. The molecule has 124 valence electrons. The number of fused-ring (bicyclic) bond motifs is 1. The van der Waals surface area contributed by atoms with Crippen LogP contribution in [0.2, 0.25) is 0 Å². The molecule has 2 aliphatic heterocycles. The van der Waals surface area contributed by atoms with E-state index in [1.54, 1.807) is 18.5 Å². The van der Waals surface area contributed by atoms with Gasteiger partial charge in [-0.15, -0.1) is 0 Å². The molecular formula is C16H16KN5O2S. The molecule has 2 aliphatic rings. The second kappa shape index (κ2) is 8.23. The Morgan fingerprint density at radius 3 is 2.68 bits per heavy atom. The Morgan fingerprint density at radius 1 is 1.16 bits per heavy atom. The molecule has 9 heteroatoms. The van der Waals surface area contributed by atoms with Gasteiger partial charge in [-0.1, -0.05) is 0 Å². The van der Waals surface area contributed by atoms with Crippen molar-refractivity contribution in [3.05, 3.63) is 29.1 Å². The van der Waals surface area contributed by atoms with E-state index < -0.39 is 0 Å². The van der Waals surface area contributed by atoms with Crippen molar-refractivity contribution in [1.82, 2.24) is 20.3 Å². The number of nitrogens with one attached hydrogen (secondary N) is 1. The summed E-state index contributed by atoms with van der Waals surface area (Å²) in [5.74, 6) is 0.451. The predicted molar refractivity (Wildman–Crippen MR) is 93.6 cm³/mol. The number of anilines is 1. The molecule has 0 bridgehead atoms. The van der Waals surface area contributed by atoms with Crippen LogP contribution < -0.4 is 61.6 Å². The number of hydrogen-bond donors (Lipinski definition) is 1. The van der Waals surface area contributed by atoms with Gasteiger partial charge in [0.2, 0.25) is 0 Å². The zero-order chi connectivity index (χ0) is 16.5. The number of piperidine rings is 1. The molecule has 2 saturated heterocycles. The van der Waals surface area contributed by atoms with Gasteiger partial charge in [-0.3, -0.25) is 14.9 Å². The van der Waals surface area contributed by atoms with Crippen LogP contribution in [0.15, 0.2) is 23.4 Å². The minimum Gasteiger partial charge on any atom is -1.00 e. The number of thioether (sulfide) groups is 1. The largest absolute Gasteiger partial charge is 1.00 e. The molecule has 0 aromatic carbocycles. The van der Waals surface area contributed by atoms with E-state index in [0.29, 0.717) is 10.6 Å². The smallest absolute Gasteiger partial charge is 1.00 e. The van der Waals surface area contributed by atoms with Crippen LogP contribution in [0.25, 0.3) is 17.1 Å². The van der Waals surface area contributed by atoms with Crippen LogP contribution in [0.4, 0.5) is 10.6 Å². The van der Waals surface area contributed by atoms with Gasteiger partial charge in [-0.05, 0) is 49.2 Å². The summed E-state index contributed by atoms with van der Waals surface area (Å²) in [6.45, 7) is 1.93. The van der Waals surface area contributed by atoms with Crippen LogP contribution in [0.5, 0.6) is 0 Å². The molecule has 0 aliphatic carbocycles. The molecule has 2 aromatic heterocycles. The van der Waals surface area contributed by atoms with E-state index in [1.165, 1.54) is 6.42 Å². The summed E-state index contributed by atoms with van der Waals surface area (Å²) in [4.78, 5) is 38.9. The van der Waals surface area contributed by atoms with E-state index >= 15 is 0 Å². The van der Waals surface area contributed by atoms with E-state index in [-0.39, 0.29) is 64.0 Å².